The summed E-state index contributed by atoms with van der Waals surface area (Å²) in [6.45, 7) is 0.593. The Morgan fingerprint density at radius 2 is 1.40 bits per heavy atom. The minimum Gasteiger partial charge on any atom is -0.480 e. The molecule has 0 aromatic heterocycles. The summed E-state index contributed by atoms with van der Waals surface area (Å²) in [5.41, 5.74) is 28.0. The van der Waals surface area contributed by atoms with Crippen LogP contribution >= 0.6 is 0 Å². The number of benzene rings is 1. The van der Waals surface area contributed by atoms with Crippen LogP contribution in [0.4, 0.5) is 0 Å². The van der Waals surface area contributed by atoms with Crippen molar-refractivity contribution in [1.82, 2.24) is 16.0 Å². The lowest BCUT2D eigenvalue weighted by molar-refractivity contribution is -0.143. The number of carbonyl (C=O) groups excluding carboxylic acids is 4. The van der Waals surface area contributed by atoms with Gasteiger partial charge in [-0.1, -0.05) is 36.8 Å². The lowest BCUT2D eigenvalue weighted by Gasteiger charge is -2.25. The predicted molar refractivity (Wildman–Crippen MR) is 148 cm³/mol. The Morgan fingerprint density at radius 1 is 0.800 bits per heavy atom. The first-order chi connectivity index (χ1) is 18.9. The normalized spacial score (nSPS) is 13.7. The number of rotatable bonds is 19. The van der Waals surface area contributed by atoms with Crippen LogP contribution in [0, 0.1) is 0 Å². The number of hydrogen-bond acceptors (Lipinski definition) is 8. The zero-order valence-electron chi connectivity index (χ0n) is 22.4. The number of primary amides is 1. The molecule has 0 heterocycles. The van der Waals surface area contributed by atoms with Gasteiger partial charge in [0.05, 0.1) is 12.5 Å². The maximum atomic E-state index is 13.4. The Kier molecular flexibility index (Phi) is 15.3. The van der Waals surface area contributed by atoms with Crippen LogP contribution in [0.2, 0.25) is 0 Å². The molecule has 0 saturated heterocycles. The summed E-state index contributed by atoms with van der Waals surface area (Å²) in [5.74, 6) is -4.68. The summed E-state index contributed by atoms with van der Waals surface area (Å²) in [4.78, 5) is 65.8. The van der Waals surface area contributed by atoms with Gasteiger partial charge < -0.3 is 49.7 Å². The van der Waals surface area contributed by atoms with Gasteiger partial charge >= 0.3 is 5.97 Å². The fourth-order valence-corrected chi connectivity index (χ4v) is 3.70. The van der Waals surface area contributed by atoms with Crippen LogP contribution in [0.3, 0.4) is 0 Å². The van der Waals surface area contributed by atoms with E-state index in [2.05, 4.69) is 20.9 Å². The van der Waals surface area contributed by atoms with E-state index < -0.39 is 60.2 Å². The van der Waals surface area contributed by atoms with E-state index in [1.165, 1.54) is 0 Å². The monoisotopic (exact) mass is 563 g/mol. The van der Waals surface area contributed by atoms with Crippen molar-refractivity contribution in [2.24, 2.45) is 33.7 Å². The Balaban J connectivity index is 3.13. The molecular formula is C25H41N9O6. The quantitative estimate of drug-likeness (QED) is 0.0471. The van der Waals surface area contributed by atoms with Crippen molar-refractivity contribution in [3.8, 4) is 0 Å². The molecule has 1 aromatic carbocycles. The average Bonchev–Trinajstić information content (AvgIpc) is 2.89. The molecule has 4 amide bonds. The first kappa shape index (κ1) is 33.8. The first-order valence-corrected chi connectivity index (χ1v) is 12.9. The number of aliphatic imine (C=N–C) groups is 1. The number of unbranched alkanes of at least 4 members (excludes halogenated alkanes) is 1. The van der Waals surface area contributed by atoms with Crippen LogP contribution in [-0.4, -0.2) is 77.9 Å². The summed E-state index contributed by atoms with van der Waals surface area (Å²) in [6, 6.07) is 4.06. The second kappa shape index (κ2) is 18.1. The van der Waals surface area contributed by atoms with Gasteiger partial charge in [-0.25, -0.2) is 4.79 Å². The van der Waals surface area contributed by atoms with Gasteiger partial charge in [-0.05, 0) is 37.8 Å². The van der Waals surface area contributed by atoms with E-state index in [1.807, 2.05) is 0 Å². The Labute approximate surface area is 232 Å². The van der Waals surface area contributed by atoms with Crippen molar-refractivity contribution >= 4 is 35.6 Å². The Bertz CT molecular complexity index is 1020. The van der Waals surface area contributed by atoms with Crippen LogP contribution in [-0.2, 0) is 30.4 Å². The molecule has 0 fully saturated rings. The number of guanidine groups is 1. The molecule has 0 saturated carbocycles. The van der Waals surface area contributed by atoms with E-state index in [4.69, 9.17) is 28.7 Å². The predicted octanol–water partition coefficient (Wildman–Crippen LogP) is -2.85. The third kappa shape index (κ3) is 13.5. The van der Waals surface area contributed by atoms with Gasteiger partial charge in [-0.2, -0.15) is 0 Å². The number of nitrogens with zero attached hydrogens (tertiary/aromatic N) is 1. The first-order valence-electron chi connectivity index (χ1n) is 12.9. The van der Waals surface area contributed by atoms with Crippen molar-refractivity contribution in [2.75, 3.05) is 13.1 Å². The van der Waals surface area contributed by atoms with E-state index in [-0.39, 0.29) is 31.8 Å². The Hall–Kier alpha value is -4.24. The second-order valence-electron chi connectivity index (χ2n) is 9.22. The van der Waals surface area contributed by atoms with Gasteiger partial charge in [-0.15, -0.1) is 0 Å². The zero-order valence-corrected chi connectivity index (χ0v) is 22.4. The highest BCUT2D eigenvalue weighted by atomic mass is 16.4. The van der Waals surface area contributed by atoms with E-state index in [9.17, 15) is 29.1 Å². The molecule has 40 heavy (non-hydrogen) atoms. The molecule has 1 aromatic rings. The van der Waals surface area contributed by atoms with E-state index in [0.29, 0.717) is 25.8 Å². The largest absolute Gasteiger partial charge is 0.480 e. The fraction of sp³-hybridized carbons (Fsp3) is 0.520. The number of carbonyl (C=O) groups is 5. The maximum absolute atomic E-state index is 13.4. The van der Waals surface area contributed by atoms with Crippen molar-refractivity contribution in [2.45, 2.75) is 69.1 Å². The van der Waals surface area contributed by atoms with Crippen LogP contribution in [0.5, 0.6) is 0 Å². The standard InChI is InChI=1S/C25H41N9O6/c26-11-5-4-9-16(27)21(36)33-18(13-15-7-2-1-3-8-15)23(38)32-17(10-6-12-31-25(29)30)22(37)34-19(24(39)40)14-20(28)35/h1-3,7-8,16-19H,4-6,9-14,26-27H2,(H2,28,35)(H,32,38)(H,33,36)(H,34,37)(H,39,40)(H4,29,30,31). The summed E-state index contributed by atoms with van der Waals surface area (Å²) in [5, 5.41) is 16.8. The molecule has 222 valence electrons. The van der Waals surface area contributed by atoms with Crippen LogP contribution in [0.25, 0.3) is 0 Å². The number of hydrogen-bond donors (Lipinski definition) is 9. The van der Waals surface area contributed by atoms with Gasteiger partial charge in [0.15, 0.2) is 5.96 Å². The van der Waals surface area contributed by atoms with E-state index in [1.54, 1.807) is 30.3 Å². The number of amides is 4. The summed E-state index contributed by atoms with van der Waals surface area (Å²) in [6.07, 6.45) is 1.40. The molecule has 0 aliphatic rings. The topological polar surface area (TPSA) is 284 Å². The highest BCUT2D eigenvalue weighted by molar-refractivity contribution is 5.95. The smallest absolute Gasteiger partial charge is 0.326 e. The molecule has 0 radical (unpaired) electrons. The maximum Gasteiger partial charge on any atom is 0.326 e. The van der Waals surface area contributed by atoms with Gasteiger partial charge in [0.1, 0.15) is 18.1 Å². The third-order valence-corrected chi connectivity index (χ3v) is 5.82. The number of nitrogens with two attached hydrogens (primary N) is 5. The SMILES string of the molecule is NCCCCC(N)C(=O)NC(Cc1ccccc1)C(=O)NC(CCCN=C(N)N)C(=O)NC(CC(N)=O)C(=O)O. The second-order valence-corrected chi connectivity index (χ2v) is 9.22. The fourth-order valence-electron chi connectivity index (χ4n) is 3.70. The van der Waals surface area contributed by atoms with E-state index in [0.717, 1.165) is 5.56 Å². The highest BCUT2D eigenvalue weighted by Gasteiger charge is 2.31. The zero-order chi connectivity index (χ0) is 30.1. The van der Waals surface area contributed by atoms with Crippen LogP contribution in [0.15, 0.2) is 35.3 Å². The Morgan fingerprint density at radius 3 is 1.98 bits per heavy atom. The molecule has 1 rings (SSSR count). The third-order valence-electron chi connectivity index (χ3n) is 5.82. The minimum atomic E-state index is -1.60. The highest BCUT2D eigenvalue weighted by Crippen LogP contribution is 2.08. The van der Waals surface area contributed by atoms with Gasteiger partial charge in [0.25, 0.3) is 0 Å². The minimum absolute atomic E-state index is 0.0157. The molecule has 4 atom stereocenters. The molecule has 0 aliphatic carbocycles. The molecule has 15 heteroatoms. The van der Waals surface area contributed by atoms with Crippen molar-refractivity contribution in [1.29, 1.82) is 0 Å². The van der Waals surface area contributed by atoms with Crippen molar-refractivity contribution < 1.29 is 29.1 Å². The molecule has 0 bridgehead atoms. The van der Waals surface area contributed by atoms with Gasteiger partial charge in [0, 0.05) is 13.0 Å². The van der Waals surface area contributed by atoms with Crippen LogP contribution in [0.1, 0.15) is 44.1 Å². The number of nitrogens with one attached hydrogen (secondary N) is 3. The van der Waals surface area contributed by atoms with Gasteiger partial charge in [-0.3, -0.25) is 24.2 Å². The molecular weight excluding hydrogens is 522 g/mol. The van der Waals surface area contributed by atoms with Gasteiger partial charge in [0.2, 0.25) is 23.6 Å². The summed E-state index contributed by atoms with van der Waals surface area (Å²) in [7, 11) is 0. The lowest BCUT2D eigenvalue weighted by atomic mass is 10.0. The molecule has 14 N–H and O–H groups in total. The number of carboxylic acids is 1. The number of aliphatic carboxylic acids is 1. The van der Waals surface area contributed by atoms with Crippen LogP contribution < -0.4 is 44.6 Å². The average molecular weight is 564 g/mol. The summed E-state index contributed by atoms with van der Waals surface area (Å²) >= 11 is 0. The van der Waals surface area contributed by atoms with E-state index >= 15 is 0 Å². The molecule has 0 spiro atoms. The van der Waals surface area contributed by atoms with Crippen molar-refractivity contribution in [3.05, 3.63) is 35.9 Å². The lowest BCUT2D eigenvalue weighted by Crippen LogP contribution is -2.57. The molecule has 4 unspecified atom stereocenters. The summed E-state index contributed by atoms with van der Waals surface area (Å²) < 4.78 is 0. The van der Waals surface area contributed by atoms with Crippen molar-refractivity contribution in [3.63, 3.8) is 0 Å². The molecule has 15 nitrogen and oxygen atoms in total. The number of carboxylic acid groups (broad SMARTS) is 1. The molecule has 0 aliphatic heterocycles.